The van der Waals surface area contributed by atoms with Crippen molar-refractivity contribution >= 4 is 17.7 Å². The molecule has 1 aliphatic carbocycles. The van der Waals surface area contributed by atoms with Crippen molar-refractivity contribution in [3.63, 3.8) is 0 Å². The first-order chi connectivity index (χ1) is 14.3. The van der Waals surface area contributed by atoms with E-state index >= 15 is 0 Å². The summed E-state index contributed by atoms with van der Waals surface area (Å²) < 4.78 is 5.36. The van der Waals surface area contributed by atoms with E-state index in [2.05, 4.69) is 0 Å². The van der Waals surface area contributed by atoms with Crippen LogP contribution >= 0.6 is 0 Å². The number of rotatable bonds is 7. The van der Waals surface area contributed by atoms with Crippen LogP contribution in [-0.4, -0.2) is 79.3 Å². The Morgan fingerprint density at radius 3 is 2.70 bits per heavy atom. The van der Waals surface area contributed by atoms with Gasteiger partial charge < -0.3 is 14.5 Å². The summed E-state index contributed by atoms with van der Waals surface area (Å²) in [6, 6.07) is 7.56. The average molecular weight is 414 g/mol. The number of benzene rings is 1. The van der Waals surface area contributed by atoms with Gasteiger partial charge in [0.15, 0.2) is 0 Å². The average Bonchev–Trinajstić information content (AvgIpc) is 3.41. The van der Waals surface area contributed by atoms with E-state index in [9.17, 15) is 14.4 Å². The van der Waals surface area contributed by atoms with Crippen molar-refractivity contribution in [2.75, 3.05) is 40.8 Å². The number of hydrogen-bond acceptors (Lipinski definition) is 5. The van der Waals surface area contributed by atoms with Crippen LogP contribution in [0, 0.1) is 5.92 Å². The largest absolute Gasteiger partial charge is 0.497 e. The number of ether oxygens (including phenoxy) is 1. The summed E-state index contributed by atoms with van der Waals surface area (Å²) in [4.78, 5) is 45.1. The Morgan fingerprint density at radius 2 is 2.07 bits per heavy atom. The van der Waals surface area contributed by atoms with Gasteiger partial charge in [0.05, 0.1) is 12.5 Å². The molecule has 1 saturated carbocycles. The number of fused-ring (bicyclic) bond motifs is 2. The van der Waals surface area contributed by atoms with Crippen molar-refractivity contribution in [1.82, 2.24) is 14.7 Å². The van der Waals surface area contributed by atoms with Gasteiger partial charge in [-0.3, -0.25) is 19.3 Å². The first-order valence-corrected chi connectivity index (χ1v) is 10.8. The van der Waals surface area contributed by atoms with Gasteiger partial charge in [-0.05, 0) is 57.0 Å². The molecule has 3 fully saturated rings. The van der Waals surface area contributed by atoms with Crippen molar-refractivity contribution in [3.8, 4) is 5.75 Å². The smallest absolute Gasteiger partial charge is 0.240 e. The topological polar surface area (TPSA) is 70.2 Å². The standard InChI is InChI=1S/C23H31N3O4/c1-24(2)9-10-25-20(27)13-23(22(25)29,17-5-4-6-19(12-17)30-3)14-21(28)26-15-16-7-8-18(26)11-16/h4-6,12,16,18H,7-11,13-15H2,1-3H3/t16-,18-,23-/m1/s1. The first-order valence-electron chi connectivity index (χ1n) is 10.8. The Labute approximate surface area is 177 Å². The van der Waals surface area contributed by atoms with Crippen molar-refractivity contribution in [1.29, 1.82) is 0 Å². The van der Waals surface area contributed by atoms with Crippen LogP contribution in [-0.2, 0) is 19.8 Å². The molecule has 2 aliphatic heterocycles. The number of piperidine rings is 1. The minimum absolute atomic E-state index is 0.0133. The second-order valence-electron chi connectivity index (χ2n) is 9.20. The fourth-order valence-electron chi connectivity index (χ4n) is 5.30. The number of hydrogen-bond donors (Lipinski definition) is 0. The van der Waals surface area contributed by atoms with Gasteiger partial charge in [0.1, 0.15) is 5.75 Å². The van der Waals surface area contributed by atoms with E-state index in [4.69, 9.17) is 4.74 Å². The monoisotopic (exact) mass is 413 g/mol. The molecule has 2 bridgehead atoms. The number of nitrogens with zero attached hydrogens (tertiary/aromatic N) is 3. The number of likely N-dealkylation sites (tertiary alicyclic amines) is 2. The normalized spacial score (nSPS) is 28.1. The van der Waals surface area contributed by atoms with Gasteiger partial charge in [0.2, 0.25) is 17.7 Å². The third-order valence-corrected chi connectivity index (χ3v) is 6.98. The number of carbonyl (C=O) groups excluding carboxylic acids is 3. The van der Waals surface area contributed by atoms with Crippen LogP contribution in [0.15, 0.2) is 24.3 Å². The van der Waals surface area contributed by atoms with Crippen molar-refractivity contribution < 1.29 is 19.1 Å². The highest BCUT2D eigenvalue weighted by molar-refractivity contribution is 6.10. The Kier molecular flexibility index (Phi) is 5.57. The molecule has 2 heterocycles. The quantitative estimate of drug-likeness (QED) is 0.636. The minimum Gasteiger partial charge on any atom is -0.497 e. The third-order valence-electron chi connectivity index (χ3n) is 6.98. The maximum Gasteiger partial charge on any atom is 0.240 e. The fourth-order valence-corrected chi connectivity index (χ4v) is 5.30. The lowest BCUT2D eigenvalue weighted by Crippen LogP contribution is -2.46. The van der Waals surface area contributed by atoms with E-state index < -0.39 is 5.41 Å². The van der Waals surface area contributed by atoms with Gasteiger partial charge in [0.25, 0.3) is 0 Å². The summed E-state index contributed by atoms with van der Waals surface area (Å²) in [7, 11) is 5.39. The number of likely N-dealkylation sites (N-methyl/N-ethyl adjacent to an activating group) is 1. The van der Waals surface area contributed by atoms with Crippen molar-refractivity contribution in [2.24, 2.45) is 5.92 Å². The molecule has 3 atom stereocenters. The van der Waals surface area contributed by atoms with Crippen LogP contribution in [0.2, 0.25) is 0 Å². The molecule has 1 aromatic rings. The molecule has 0 N–H and O–H groups in total. The molecule has 7 heteroatoms. The molecule has 0 spiro atoms. The fraction of sp³-hybridized carbons (Fsp3) is 0.609. The van der Waals surface area contributed by atoms with Gasteiger partial charge in [0, 0.05) is 38.5 Å². The molecule has 2 saturated heterocycles. The second-order valence-corrected chi connectivity index (χ2v) is 9.20. The highest BCUT2D eigenvalue weighted by atomic mass is 16.5. The number of amides is 3. The number of methoxy groups -OCH3 is 1. The predicted molar refractivity (Wildman–Crippen MR) is 112 cm³/mol. The third kappa shape index (κ3) is 3.60. The number of imide groups is 1. The Hall–Kier alpha value is -2.41. The van der Waals surface area contributed by atoms with E-state index in [1.807, 2.05) is 42.1 Å². The van der Waals surface area contributed by atoms with Gasteiger partial charge >= 0.3 is 0 Å². The molecule has 0 unspecified atom stereocenters. The molecule has 3 aliphatic rings. The zero-order chi connectivity index (χ0) is 21.5. The van der Waals surface area contributed by atoms with Gasteiger partial charge in [-0.2, -0.15) is 0 Å². The summed E-state index contributed by atoms with van der Waals surface area (Å²) in [5.74, 6) is 0.720. The number of carbonyl (C=O) groups is 3. The van der Waals surface area contributed by atoms with Crippen LogP contribution in [0.25, 0.3) is 0 Å². The maximum absolute atomic E-state index is 13.6. The molecular formula is C23H31N3O4. The van der Waals surface area contributed by atoms with Crippen LogP contribution in [0.1, 0.15) is 37.7 Å². The van der Waals surface area contributed by atoms with Crippen LogP contribution in [0.4, 0.5) is 0 Å². The molecule has 1 aromatic carbocycles. The summed E-state index contributed by atoms with van der Waals surface area (Å²) in [5.41, 5.74) is -0.470. The highest BCUT2D eigenvalue weighted by Gasteiger charge is 2.55. The molecule has 0 aromatic heterocycles. The Balaban J connectivity index is 1.66. The second kappa shape index (κ2) is 8.02. The van der Waals surface area contributed by atoms with Crippen LogP contribution in [0.3, 0.4) is 0 Å². The molecule has 3 amide bonds. The zero-order valence-corrected chi connectivity index (χ0v) is 18.1. The van der Waals surface area contributed by atoms with E-state index in [0.717, 1.165) is 19.4 Å². The zero-order valence-electron chi connectivity index (χ0n) is 18.1. The summed E-state index contributed by atoms with van der Waals surface area (Å²) >= 11 is 0. The van der Waals surface area contributed by atoms with E-state index in [0.29, 0.717) is 36.4 Å². The highest BCUT2D eigenvalue weighted by Crippen LogP contribution is 2.43. The van der Waals surface area contributed by atoms with Crippen molar-refractivity contribution in [3.05, 3.63) is 29.8 Å². The lowest BCUT2D eigenvalue weighted by Gasteiger charge is -2.33. The Morgan fingerprint density at radius 1 is 1.27 bits per heavy atom. The predicted octanol–water partition coefficient (Wildman–Crippen LogP) is 1.65. The van der Waals surface area contributed by atoms with Crippen molar-refractivity contribution in [2.45, 2.75) is 43.6 Å². The molecule has 30 heavy (non-hydrogen) atoms. The summed E-state index contributed by atoms with van der Waals surface area (Å²) in [6.45, 7) is 1.71. The SMILES string of the molecule is COc1cccc([C@]2(CC(=O)N3C[C@@H]4CC[C@@H]3C4)CC(=O)N(CCN(C)C)C2=O)c1. The summed E-state index contributed by atoms with van der Waals surface area (Å²) in [5, 5.41) is 0. The van der Waals surface area contributed by atoms with E-state index in [-0.39, 0.29) is 30.6 Å². The maximum atomic E-state index is 13.6. The van der Waals surface area contributed by atoms with Gasteiger partial charge in [-0.1, -0.05) is 12.1 Å². The van der Waals surface area contributed by atoms with E-state index in [1.165, 1.54) is 11.3 Å². The molecule has 4 rings (SSSR count). The molecule has 162 valence electrons. The lowest BCUT2D eigenvalue weighted by molar-refractivity contribution is -0.143. The minimum atomic E-state index is -1.16. The Bertz CT molecular complexity index is 855. The van der Waals surface area contributed by atoms with Crippen LogP contribution in [0.5, 0.6) is 5.75 Å². The molecule has 0 radical (unpaired) electrons. The molecular weight excluding hydrogens is 382 g/mol. The van der Waals surface area contributed by atoms with E-state index in [1.54, 1.807) is 13.2 Å². The summed E-state index contributed by atoms with van der Waals surface area (Å²) in [6.07, 6.45) is 3.36. The molecule has 7 nitrogen and oxygen atoms in total. The van der Waals surface area contributed by atoms with Gasteiger partial charge in [-0.25, -0.2) is 0 Å². The first kappa shape index (κ1) is 20.8. The van der Waals surface area contributed by atoms with Gasteiger partial charge in [-0.15, -0.1) is 0 Å². The van der Waals surface area contributed by atoms with Crippen LogP contribution < -0.4 is 4.74 Å². The lowest BCUT2D eigenvalue weighted by atomic mass is 9.75.